The third-order valence-corrected chi connectivity index (χ3v) is 2.05. The van der Waals surface area contributed by atoms with E-state index in [0.717, 1.165) is 0 Å². The first-order chi connectivity index (χ1) is 5.13. The van der Waals surface area contributed by atoms with Gasteiger partial charge in [-0.1, -0.05) is 0 Å². The van der Waals surface area contributed by atoms with E-state index in [0.29, 0.717) is 13.1 Å². The second-order valence-corrected chi connectivity index (χ2v) is 2.81. The summed E-state index contributed by atoms with van der Waals surface area (Å²) < 4.78 is 0. The van der Waals surface area contributed by atoms with E-state index >= 15 is 0 Å². The van der Waals surface area contributed by atoms with E-state index in [9.17, 15) is 15.0 Å². The average Bonchev–Trinajstić information content (AvgIpc) is 2.33. The highest BCUT2D eigenvalue weighted by Gasteiger charge is 2.33. The van der Waals surface area contributed by atoms with Gasteiger partial charge in [-0.15, -0.1) is 0 Å². The first-order valence-electron chi connectivity index (χ1n) is 3.55. The number of β-amino-alcohol motifs (C(OH)–C–C–N with tert-alkyl or cyclic N) is 1. The Kier molecular flexibility index (Phi) is 2.43. The van der Waals surface area contributed by atoms with Crippen molar-refractivity contribution in [3.63, 3.8) is 0 Å². The maximum Gasteiger partial charge on any atom is 0.131 e. The maximum absolute atomic E-state index is 10.3. The Morgan fingerprint density at radius 2 is 2.36 bits per heavy atom. The second-order valence-electron chi connectivity index (χ2n) is 2.81. The minimum absolute atomic E-state index is 0.306. The maximum atomic E-state index is 10.3. The molecule has 1 aliphatic rings. The van der Waals surface area contributed by atoms with Crippen LogP contribution in [0.25, 0.3) is 0 Å². The van der Waals surface area contributed by atoms with Crippen LogP contribution in [0, 0.1) is 5.92 Å². The Balaban J connectivity index is 2.52. The molecule has 0 unspecified atom stereocenters. The van der Waals surface area contributed by atoms with Gasteiger partial charge in [0.05, 0.1) is 18.0 Å². The summed E-state index contributed by atoms with van der Waals surface area (Å²) in [6.45, 7) is 0.952. The number of carboxylic acid groups (broad SMARTS) is 1. The van der Waals surface area contributed by atoms with E-state index in [1.807, 2.05) is 0 Å². The predicted molar refractivity (Wildman–Crippen MR) is 34.0 cm³/mol. The lowest BCUT2D eigenvalue weighted by atomic mass is 9.98. The molecule has 0 saturated carbocycles. The van der Waals surface area contributed by atoms with Crippen LogP contribution < -0.4 is 16.2 Å². The molecule has 1 saturated heterocycles. The first kappa shape index (κ1) is 8.45. The van der Waals surface area contributed by atoms with E-state index in [2.05, 4.69) is 11.1 Å². The van der Waals surface area contributed by atoms with Gasteiger partial charge in [0, 0.05) is 13.1 Å². The van der Waals surface area contributed by atoms with Gasteiger partial charge >= 0.3 is 0 Å². The van der Waals surface area contributed by atoms with Crippen LogP contribution in [0.4, 0.5) is 0 Å². The lowest BCUT2D eigenvalue weighted by Gasteiger charge is -2.18. The number of carboxylic acids is 1. The van der Waals surface area contributed by atoms with Gasteiger partial charge in [0.15, 0.2) is 0 Å². The fourth-order valence-corrected chi connectivity index (χ4v) is 1.27. The van der Waals surface area contributed by atoms with Crippen molar-refractivity contribution < 1.29 is 20.7 Å². The van der Waals surface area contributed by atoms with E-state index in [1.54, 1.807) is 0 Å². The van der Waals surface area contributed by atoms with Gasteiger partial charge < -0.3 is 26.1 Å². The van der Waals surface area contributed by atoms with E-state index < -0.39 is 18.1 Å². The number of rotatable bonds is 2. The molecular formula is C6H12N2O3. The largest absolute Gasteiger partial charge is 0.544 e. The highest BCUT2D eigenvalue weighted by molar-refractivity contribution is 5.69. The normalized spacial score (nSPS) is 33.6. The summed E-state index contributed by atoms with van der Waals surface area (Å²) in [6.07, 6.45) is -0.601. The molecule has 11 heavy (non-hydrogen) atoms. The predicted octanol–water partition coefficient (Wildman–Crippen LogP) is -4.07. The zero-order valence-electron chi connectivity index (χ0n) is 6.12. The third kappa shape index (κ3) is 1.68. The summed E-state index contributed by atoms with van der Waals surface area (Å²) in [5.41, 5.74) is 3.41. The number of aliphatic carboxylic acids is 1. The average molecular weight is 160 g/mol. The molecule has 0 spiro atoms. The van der Waals surface area contributed by atoms with Crippen molar-refractivity contribution in [2.75, 3.05) is 13.1 Å². The van der Waals surface area contributed by atoms with Gasteiger partial charge in [0.2, 0.25) is 0 Å². The van der Waals surface area contributed by atoms with Crippen molar-refractivity contribution in [1.29, 1.82) is 0 Å². The van der Waals surface area contributed by atoms with Gasteiger partial charge in [-0.3, -0.25) is 0 Å². The molecule has 0 radical (unpaired) electrons. The molecule has 1 rings (SSSR count). The molecule has 1 fully saturated rings. The van der Waals surface area contributed by atoms with Crippen LogP contribution in [0.15, 0.2) is 0 Å². The quantitative estimate of drug-likeness (QED) is 0.382. The van der Waals surface area contributed by atoms with Gasteiger partial charge in [-0.2, -0.15) is 0 Å². The number of nitrogens with one attached hydrogen (secondary N) is 1. The lowest BCUT2D eigenvalue weighted by molar-refractivity contribution is -0.449. The first-order valence-corrected chi connectivity index (χ1v) is 3.55. The molecule has 5 nitrogen and oxygen atoms in total. The SMILES string of the molecule is [NH3+][C@H](C(=O)[O-])[C@H]1CNC[C@H]1O. The molecule has 5 heteroatoms. The molecule has 0 bridgehead atoms. The van der Waals surface area contributed by atoms with Crippen LogP contribution in [0.1, 0.15) is 0 Å². The Bertz CT molecular complexity index is 162. The number of hydrogen-bond donors (Lipinski definition) is 3. The van der Waals surface area contributed by atoms with Crippen LogP contribution in [-0.4, -0.2) is 36.3 Å². The zero-order chi connectivity index (χ0) is 8.43. The van der Waals surface area contributed by atoms with Crippen LogP contribution >= 0.6 is 0 Å². The zero-order valence-corrected chi connectivity index (χ0v) is 6.12. The number of aliphatic hydroxyl groups is 1. The monoisotopic (exact) mass is 160 g/mol. The van der Waals surface area contributed by atoms with E-state index in [1.165, 1.54) is 0 Å². The standard InChI is InChI=1S/C6H12N2O3/c7-5(6(10)11)3-1-8-2-4(3)9/h3-5,8-9H,1-2,7H2,(H,10,11)/t3-,4+,5-/m0/s1. The highest BCUT2D eigenvalue weighted by atomic mass is 16.4. The molecule has 64 valence electrons. The fourth-order valence-electron chi connectivity index (χ4n) is 1.27. The van der Waals surface area contributed by atoms with Gasteiger partial charge in [0.1, 0.15) is 6.04 Å². The van der Waals surface area contributed by atoms with Crippen molar-refractivity contribution in [3.05, 3.63) is 0 Å². The van der Waals surface area contributed by atoms with Gasteiger partial charge in [-0.25, -0.2) is 0 Å². The summed E-state index contributed by atoms with van der Waals surface area (Å²) >= 11 is 0. The summed E-state index contributed by atoms with van der Waals surface area (Å²) in [4.78, 5) is 10.3. The molecule has 5 N–H and O–H groups in total. The summed E-state index contributed by atoms with van der Waals surface area (Å²) in [7, 11) is 0. The number of quaternary nitrogens is 1. The number of carbonyl (C=O) groups is 1. The molecule has 0 aromatic rings. The topological polar surface area (TPSA) is 100 Å². The molecular weight excluding hydrogens is 148 g/mol. The molecule has 3 atom stereocenters. The number of carbonyl (C=O) groups excluding carboxylic acids is 1. The third-order valence-electron chi connectivity index (χ3n) is 2.05. The van der Waals surface area contributed by atoms with Gasteiger partial charge in [0.25, 0.3) is 0 Å². The molecule has 0 aromatic heterocycles. The molecule has 0 amide bonds. The Hall–Kier alpha value is -0.650. The van der Waals surface area contributed by atoms with Crippen LogP contribution in [0.5, 0.6) is 0 Å². The number of aliphatic hydroxyl groups excluding tert-OH is 1. The molecule has 0 aromatic carbocycles. The number of hydrogen-bond acceptors (Lipinski definition) is 4. The van der Waals surface area contributed by atoms with Gasteiger partial charge in [-0.05, 0) is 0 Å². The van der Waals surface area contributed by atoms with Crippen molar-refractivity contribution in [1.82, 2.24) is 5.32 Å². The van der Waals surface area contributed by atoms with Crippen LogP contribution in [0.3, 0.4) is 0 Å². The van der Waals surface area contributed by atoms with Crippen LogP contribution in [-0.2, 0) is 4.79 Å². The molecule has 1 aliphatic heterocycles. The minimum Gasteiger partial charge on any atom is -0.544 e. The summed E-state index contributed by atoms with van der Waals surface area (Å²) in [5, 5.41) is 22.4. The lowest BCUT2D eigenvalue weighted by Crippen LogP contribution is -2.72. The summed E-state index contributed by atoms with van der Waals surface area (Å²) in [5.74, 6) is -1.50. The van der Waals surface area contributed by atoms with Crippen molar-refractivity contribution in [2.24, 2.45) is 5.92 Å². The Morgan fingerprint density at radius 3 is 2.73 bits per heavy atom. The van der Waals surface area contributed by atoms with Crippen molar-refractivity contribution >= 4 is 5.97 Å². The molecule has 0 aliphatic carbocycles. The van der Waals surface area contributed by atoms with Crippen LogP contribution in [0.2, 0.25) is 0 Å². The second kappa shape index (κ2) is 3.17. The van der Waals surface area contributed by atoms with E-state index in [-0.39, 0.29) is 5.92 Å². The Labute approximate surface area is 64.2 Å². The summed E-state index contributed by atoms with van der Waals surface area (Å²) in [6, 6.07) is -0.819. The molecule has 1 heterocycles. The van der Waals surface area contributed by atoms with Crippen molar-refractivity contribution in [2.45, 2.75) is 12.1 Å². The van der Waals surface area contributed by atoms with Crippen molar-refractivity contribution in [3.8, 4) is 0 Å². The Morgan fingerprint density at radius 1 is 1.73 bits per heavy atom. The smallest absolute Gasteiger partial charge is 0.131 e. The fraction of sp³-hybridized carbons (Fsp3) is 0.833. The van der Waals surface area contributed by atoms with E-state index in [4.69, 9.17) is 0 Å². The highest BCUT2D eigenvalue weighted by Crippen LogP contribution is 2.10. The minimum atomic E-state index is -1.20.